The summed E-state index contributed by atoms with van der Waals surface area (Å²) in [5.41, 5.74) is 3.91. The molecular formula is C21H28N4O4. The fourth-order valence-electron chi connectivity index (χ4n) is 4.22. The number of hydrogen-bond acceptors (Lipinski definition) is 6. The van der Waals surface area contributed by atoms with Crippen LogP contribution in [0.15, 0.2) is 18.3 Å². The maximum Gasteiger partial charge on any atom is 0.255 e. The van der Waals surface area contributed by atoms with Crippen LogP contribution in [0.1, 0.15) is 52.6 Å². The number of amides is 1. The number of carbonyl (C=O) groups excluding carboxylic acids is 1. The molecule has 0 aromatic carbocycles. The Morgan fingerprint density at radius 2 is 2.21 bits per heavy atom. The van der Waals surface area contributed by atoms with Crippen LogP contribution in [-0.4, -0.2) is 59.5 Å². The van der Waals surface area contributed by atoms with Crippen LogP contribution in [0.5, 0.6) is 5.88 Å². The molecule has 0 saturated carbocycles. The number of pyridine rings is 1. The SMILES string of the molecule is COCCn1nc(C2CCCCN2C(=O)c2ccc(OC)nc2)c2c1CCOC2. The van der Waals surface area contributed by atoms with Gasteiger partial charge in [0.2, 0.25) is 5.88 Å². The highest BCUT2D eigenvalue weighted by molar-refractivity contribution is 5.94. The lowest BCUT2D eigenvalue weighted by Gasteiger charge is -2.35. The first kappa shape index (κ1) is 19.8. The van der Waals surface area contributed by atoms with Crippen LogP contribution in [0.25, 0.3) is 0 Å². The van der Waals surface area contributed by atoms with Gasteiger partial charge >= 0.3 is 0 Å². The van der Waals surface area contributed by atoms with Crippen LogP contribution in [0.4, 0.5) is 0 Å². The molecule has 1 unspecified atom stereocenters. The largest absolute Gasteiger partial charge is 0.481 e. The van der Waals surface area contributed by atoms with E-state index in [1.54, 1.807) is 32.5 Å². The van der Waals surface area contributed by atoms with Crippen LogP contribution in [0.2, 0.25) is 0 Å². The average molecular weight is 400 g/mol. The molecule has 0 radical (unpaired) electrons. The topological polar surface area (TPSA) is 78.7 Å². The van der Waals surface area contributed by atoms with Crippen molar-refractivity contribution in [2.75, 3.05) is 34.0 Å². The zero-order valence-corrected chi connectivity index (χ0v) is 17.1. The summed E-state index contributed by atoms with van der Waals surface area (Å²) in [6.45, 7) is 3.30. The van der Waals surface area contributed by atoms with Gasteiger partial charge in [-0.05, 0) is 25.3 Å². The quantitative estimate of drug-likeness (QED) is 0.741. The lowest BCUT2D eigenvalue weighted by atomic mass is 9.94. The summed E-state index contributed by atoms with van der Waals surface area (Å²) >= 11 is 0. The van der Waals surface area contributed by atoms with Crippen LogP contribution < -0.4 is 4.74 Å². The maximum absolute atomic E-state index is 13.3. The molecule has 2 aromatic heterocycles. The molecule has 2 aliphatic rings. The zero-order valence-electron chi connectivity index (χ0n) is 17.1. The third kappa shape index (κ3) is 4.00. The molecule has 1 atom stereocenters. The molecule has 0 N–H and O–H groups in total. The third-order valence-corrected chi connectivity index (χ3v) is 5.71. The summed E-state index contributed by atoms with van der Waals surface area (Å²) in [6, 6.07) is 3.45. The average Bonchev–Trinajstić information content (AvgIpc) is 3.16. The van der Waals surface area contributed by atoms with E-state index in [1.807, 2.05) is 9.58 Å². The van der Waals surface area contributed by atoms with E-state index in [-0.39, 0.29) is 11.9 Å². The number of methoxy groups -OCH3 is 2. The fourth-order valence-corrected chi connectivity index (χ4v) is 4.22. The Kier molecular flexibility index (Phi) is 6.10. The molecule has 8 nitrogen and oxygen atoms in total. The lowest BCUT2D eigenvalue weighted by molar-refractivity contribution is 0.0595. The van der Waals surface area contributed by atoms with Crippen molar-refractivity contribution < 1.29 is 19.0 Å². The molecule has 4 heterocycles. The molecule has 0 spiro atoms. The summed E-state index contributed by atoms with van der Waals surface area (Å²) in [5.74, 6) is 0.488. The predicted molar refractivity (Wildman–Crippen MR) is 106 cm³/mol. The first-order valence-electron chi connectivity index (χ1n) is 10.2. The fraction of sp³-hybridized carbons (Fsp3) is 0.571. The molecule has 1 saturated heterocycles. The molecule has 156 valence electrons. The van der Waals surface area contributed by atoms with Crippen LogP contribution >= 0.6 is 0 Å². The minimum atomic E-state index is -0.0439. The summed E-state index contributed by atoms with van der Waals surface area (Å²) < 4.78 is 18.1. The number of carbonyl (C=O) groups is 1. The second-order valence-electron chi connectivity index (χ2n) is 7.43. The lowest BCUT2D eigenvalue weighted by Crippen LogP contribution is -2.39. The van der Waals surface area contributed by atoms with Crippen molar-refractivity contribution in [3.8, 4) is 5.88 Å². The van der Waals surface area contributed by atoms with E-state index in [0.717, 1.165) is 43.5 Å². The number of nitrogens with zero attached hydrogens (tertiary/aromatic N) is 4. The number of piperidine rings is 1. The molecule has 0 bridgehead atoms. The van der Waals surface area contributed by atoms with Crippen molar-refractivity contribution in [3.05, 3.63) is 40.8 Å². The van der Waals surface area contributed by atoms with Gasteiger partial charge in [0.1, 0.15) is 0 Å². The second kappa shape index (κ2) is 8.92. The molecule has 1 fully saturated rings. The van der Waals surface area contributed by atoms with E-state index in [4.69, 9.17) is 19.3 Å². The normalized spacial score (nSPS) is 19.1. The van der Waals surface area contributed by atoms with E-state index in [0.29, 0.717) is 37.8 Å². The van der Waals surface area contributed by atoms with Crippen LogP contribution in [0.3, 0.4) is 0 Å². The molecular weight excluding hydrogens is 372 g/mol. The van der Waals surface area contributed by atoms with Gasteiger partial charge < -0.3 is 19.1 Å². The number of hydrogen-bond donors (Lipinski definition) is 0. The highest BCUT2D eigenvalue weighted by atomic mass is 16.5. The van der Waals surface area contributed by atoms with E-state index < -0.39 is 0 Å². The van der Waals surface area contributed by atoms with Crippen molar-refractivity contribution in [2.24, 2.45) is 0 Å². The Bertz CT molecular complexity index is 849. The summed E-state index contributed by atoms with van der Waals surface area (Å²) in [6.07, 6.45) is 5.41. The van der Waals surface area contributed by atoms with Gasteiger partial charge in [-0.25, -0.2) is 4.98 Å². The van der Waals surface area contributed by atoms with E-state index >= 15 is 0 Å². The van der Waals surface area contributed by atoms with Gasteiger partial charge in [0.25, 0.3) is 5.91 Å². The number of rotatable bonds is 6. The third-order valence-electron chi connectivity index (χ3n) is 5.71. The monoisotopic (exact) mass is 400 g/mol. The Hall–Kier alpha value is -2.45. The highest BCUT2D eigenvalue weighted by Crippen LogP contribution is 2.36. The van der Waals surface area contributed by atoms with E-state index in [1.165, 1.54) is 5.69 Å². The predicted octanol–water partition coefficient (Wildman–Crippen LogP) is 2.37. The van der Waals surface area contributed by atoms with Gasteiger partial charge in [0, 0.05) is 43.6 Å². The van der Waals surface area contributed by atoms with Crippen molar-refractivity contribution in [1.29, 1.82) is 0 Å². The van der Waals surface area contributed by atoms with Crippen molar-refractivity contribution >= 4 is 5.91 Å². The molecule has 0 aliphatic carbocycles. The van der Waals surface area contributed by atoms with Crippen molar-refractivity contribution in [1.82, 2.24) is 19.7 Å². The standard InChI is InChI=1S/C21H28N4O4/c1-27-12-10-25-17-8-11-29-14-16(17)20(23-25)18-5-3-4-9-24(18)21(26)15-6-7-19(28-2)22-13-15/h6-7,13,18H,3-5,8-12,14H2,1-2H3. The minimum Gasteiger partial charge on any atom is -0.481 e. The van der Waals surface area contributed by atoms with Gasteiger partial charge in [0.15, 0.2) is 0 Å². The molecule has 2 aromatic rings. The van der Waals surface area contributed by atoms with Crippen molar-refractivity contribution in [3.63, 3.8) is 0 Å². The number of aromatic nitrogens is 3. The van der Waals surface area contributed by atoms with Gasteiger partial charge in [-0.2, -0.15) is 5.10 Å². The maximum atomic E-state index is 13.3. The summed E-state index contributed by atoms with van der Waals surface area (Å²) in [5, 5.41) is 4.93. The summed E-state index contributed by atoms with van der Waals surface area (Å²) in [7, 11) is 3.26. The van der Waals surface area contributed by atoms with E-state index in [9.17, 15) is 4.79 Å². The van der Waals surface area contributed by atoms with Crippen molar-refractivity contribution in [2.45, 2.75) is 44.9 Å². The molecule has 8 heteroatoms. The Balaban J connectivity index is 1.65. The number of fused-ring (bicyclic) bond motifs is 1. The smallest absolute Gasteiger partial charge is 0.255 e. The van der Waals surface area contributed by atoms with Gasteiger partial charge in [-0.3, -0.25) is 9.48 Å². The Morgan fingerprint density at radius 1 is 1.31 bits per heavy atom. The second-order valence-corrected chi connectivity index (χ2v) is 7.43. The first-order valence-corrected chi connectivity index (χ1v) is 10.2. The minimum absolute atomic E-state index is 0.0122. The van der Waals surface area contributed by atoms with Crippen LogP contribution in [0, 0.1) is 0 Å². The molecule has 4 rings (SSSR count). The van der Waals surface area contributed by atoms with Crippen LogP contribution in [-0.2, 0) is 29.0 Å². The van der Waals surface area contributed by atoms with E-state index in [2.05, 4.69) is 4.98 Å². The van der Waals surface area contributed by atoms with Gasteiger partial charge in [-0.15, -0.1) is 0 Å². The zero-order chi connectivity index (χ0) is 20.2. The highest BCUT2D eigenvalue weighted by Gasteiger charge is 2.34. The number of ether oxygens (including phenoxy) is 3. The number of likely N-dealkylation sites (tertiary alicyclic amines) is 1. The first-order chi connectivity index (χ1) is 14.2. The molecule has 29 heavy (non-hydrogen) atoms. The Morgan fingerprint density at radius 3 is 2.97 bits per heavy atom. The molecule has 1 amide bonds. The van der Waals surface area contributed by atoms with Gasteiger partial charge in [0.05, 0.1) is 50.8 Å². The molecule has 2 aliphatic heterocycles. The summed E-state index contributed by atoms with van der Waals surface area (Å²) in [4.78, 5) is 19.4. The van der Waals surface area contributed by atoms with Gasteiger partial charge in [-0.1, -0.05) is 0 Å². The Labute approximate surface area is 170 Å².